The van der Waals surface area contributed by atoms with E-state index in [2.05, 4.69) is 22.2 Å². The molecule has 108 valence electrons. The highest BCUT2D eigenvalue weighted by molar-refractivity contribution is 5.98. The largest absolute Gasteiger partial charge is 0.409 e. The first kappa shape index (κ1) is 13.3. The number of rotatable bonds is 2. The lowest BCUT2D eigenvalue weighted by atomic mass is 9.85. The monoisotopic (exact) mass is 273 g/mol. The Bertz CT molecular complexity index is 526. The molecule has 1 heterocycles. The first-order valence-corrected chi connectivity index (χ1v) is 7.56. The van der Waals surface area contributed by atoms with Gasteiger partial charge in [-0.1, -0.05) is 18.0 Å². The summed E-state index contributed by atoms with van der Waals surface area (Å²) in [5.74, 6) is 1.07. The number of oxime groups is 1. The van der Waals surface area contributed by atoms with Crippen LogP contribution in [-0.4, -0.2) is 23.6 Å². The summed E-state index contributed by atoms with van der Waals surface area (Å²) in [7, 11) is 0. The van der Waals surface area contributed by atoms with E-state index < -0.39 is 0 Å². The summed E-state index contributed by atoms with van der Waals surface area (Å²) >= 11 is 0. The van der Waals surface area contributed by atoms with Crippen LogP contribution in [-0.2, 0) is 0 Å². The number of nitrogens with zero attached hydrogens (tertiary/aromatic N) is 2. The minimum atomic E-state index is 0.186. The average Bonchev–Trinajstić information content (AvgIpc) is 2.90. The van der Waals surface area contributed by atoms with Gasteiger partial charge >= 0.3 is 0 Å². The van der Waals surface area contributed by atoms with E-state index in [1.54, 1.807) is 0 Å². The second-order valence-electron chi connectivity index (χ2n) is 6.08. The van der Waals surface area contributed by atoms with Gasteiger partial charge in [-0.25, -0.2) is 0 Å². The third-order valence-electron chi connectivity index (χ3n) is 4.94. The molecule has 1 saturated carbocycles. The summed E-state index contributed by atoms with van der Waals surface area (Å²) < 4.78 is 0. The van der Waals surface area contributed by atoms with Gasteiger partial charge < -0.3 is 15.8 Å². The van der Waals surface area contributed by atoms with Gasteiger partial charge in [-0.2, -0.15) is 0 Å². The van der Waals surface area contributed by atoms with Crippen LogP contribution in [0.25, 0.3) is 0 Å². The zero-order valence-electron chi connectivity index (χ0n) is 12.0. The molecule has 3 rings (SSSR count). The summed E-state index contributed by atoms with van der Waals surface area (Å²) in [6.07, 6.45) is 6.80. The van der Waals surface area contributed by atoms with Gasteiger partial charge in [0.1, 0.15) is 0 Å². The molecule has 1 saturated heterocycles. The maximum Gasteiger partial charge on any atom is 0.170 e. The summed E-state index contributed by atoms with van der Waals surface area (Å²) in [6, 6.07) is 6.97. The molecule has 3 N–H and O–H groups in total. The van der Waals surface area contributed by atoms with Crippen molar-refractivity contribution < 1.29 is 5.21 Å². The van der Waals surface area contributed by atoms with Crippen molar-refractivity contribution in [2.45, 2.75) is 45.1 Å². The Labute approximate surface area is 120 Å². The molecule has 2 aliphatic rings. The summed E-state index contributed by atoms with van der Waals surface area (Å²) in [5, 5.41) is 11.9. The molecule has 0 bridgehead atoms. The molecule has 0 aromatic heterocycles. The van der Waals surface area contributed by atoms with Gasteiger partial charge in [0, 0.05) is 23.8 Å². The fourth-order valence-electron chi connectivity index (χ4n) is 3.89. The molecule has 1 aromatic rings. The van der Waals surface area contributed by atoms with Crippen molar-refractivity contribution in [3.63, 3.8) is 0 Å². The quantitative estimate of drug-likeness (QED) is 0.377. The highest BCUT2D eigenvalue weighted by atomic mass is 16.4. The Morgan fingerprint density at radius 1 is 1.30 bits per heavy atom. The molecule has 2 atom stereocenters. The van der Waals surface area contributed by atoms with Gasteiger partial charge in [-0.15, -0.1) is 0 Å². The smallest absolute Gasteiger partial charge is 0.170 e. The molecule has 20 heavy (non-hydrogen) atoms. The average molecular weight is 273 g/mol. The molecule has 1 aromatic carbocycles. The van der Waals surface area contributed by atoms with Gasteiger partial charge in [-0.3, -0.25) is 0 Å². The Balaban J connectivity index is 1.86. The molecule has 0 radical (unpaired) electrons. The minimum Gasteiger partial charge on any atom is -0.409 e. The van der Waals surface area contributed by atoms with E-state index >= 15 is 0 Å². The predicted molar refractivity (Wildman–Crippen MR) is 81.4 cm³/mol. The highest BCUT2D eigenvalue weighted by Crippen LogP contribution is 2.39. The van der Waals surface area contributed by atoms with Crippen LogP contribution in [0.5, 0.6) is 0 Å². The van der Waals surface area contributed by atoms with Crippen molar-refractivity contribution in [2.24, 2.45) is 16.8 Å². The van der Waals surface area contributed by atoms with E-state index in [4.69, 9.17) is 10.9 Å². The Morgan fingerprint density at radius 2 is 2.10 bits per heavy atom. The standard InChI is InChI=1S/C16H23N3O/c1-11-10-13(6-7-14(11)16(17)18-20)19-9-8-12-4-2-3-5-15(12)19/h6-7,10,12,15,20H,2-5,8-9H2,1H3,(H2,17,18). The van der Waals surface area contributed by atoms with Crippen molar-refractivity contribution in [1.82, 2.24) is 0 Å². The maximum absolute atomic E-state index is 8.80. The van der Waals surface area contributed by atoms with Crippen LogP contribution in [0, 0.1) is 12.8 Å². The lowest BCUT2D eigenvalue weighted by Crippen LogP contribution is -2.34. The molecule has 4 nitrogen and oxygen atoms in total. The Morgan fingerprint density at radius 3 is 2.85 bits per heavy atom. The lowest BCUT2D eigenvalue weighted by molar-refractivity contribution is 0.318. The lowest BCUT2D eigenvalue weighted by Gasteiger charge is -2.33. The second kappa shape index (κ2) is 5.35. The normalized spacial score (nSPS) is 26.6. The molecule has 0 spiro atoms. The van der Waals surface area contributed by atoms with Gasteiger partial charge in [0.2, 0.25) is 0 Å². The van der Waals surface area contributed by atoms with Crippen LogP contribution in [0.2, 0.25) is 0 Å². The number of aryl methyl sites for hydroxylation is 1. The summed E-state index contributed by atoms with van der Waals surface area (Å²) in [6.45, 7) is 3.18. The maximum atomic E-state index is 8.80. The van der Waals surface area contributed by atoms with Crippen molar-refractivity contribution in [2.75, 3.05) is 11.4 Å². The van der Waals surface area contributed by atoms with Gasteiger partial charge in [-0.05, 0) is 55.9 Å². The van der Waals surface area contributed by atoms with Crippen LogP contribution in [0.1, 0.15) is 43.2 Å². The Hall–Kier alpha value is -1.71. The van der Waals surface area contributed by atoms with Crippen LogP contribution < -0.4 is 10.6 Å². The van der Waals surface area contributed by atoms with E-state index in [1.807, 2.05) is 13.0 Å². The van der Waals surface area contributed by atoms with Crippen LogP contribution in [0.3, 0.4) is 0 Å². The van der Waals surface area contributed by atoms with E-state index in [0.29, 0.717) is 0 Å². The van der Waals surface area contributed by atoms with Crippen molar-refractivity contribution >= 4 is 11.5 Å². The summed E-state index contributed by atoms with van der Waals surface area (Å²) in [5.41, 5.74) is 8.86. The van der Waals surface area contributed by atoms with Gasteiger partial charge in [0.25, 0.3) is 0 Å². The first-order valence-electron chi connectivity index (χ1n) is 7.56. The van der Waals surface area contributed by atoms with Gasteiger partial charge in [0.15, 0.2) is 5.84 Å². The number of nitrogens with two attached hydrogens (primary N) is 1. The van der Waals surface area contributed by atoms with Crippen LogP contribution in [0.15, 0.2) is 23.4 Å². The molecular formula is C16H23N3O. The number of amidine groups is 1. The van der Waals surface area contributed by atoms with Crippen LogP contribution in [0.4, 0.5) is 5.69 Å². The zero-order valence-corrected chi connectivity index (χ0v) is 12.0. The van der Waals surface area contributed by atoms with Crippen molar-refractivity contribution in [1.29, 1.82) is 0 Å². The molecule has 0 amide bonds. The molecular weight excluding hydrogens is 250 g/mol. The number of anilines is 1. The third-order valence-corrected chi connectivity index (χ3v) is 4.94. The van der Waals surface area contributed by atoms with Gasteiger partial charge in [0.05, 0.1) is 0 Å². The number of fused-ring (bicyclic) bond motifs is 1. The number of benzene rings is 1. The highest BCUT2D eigenvalue weighted by Gasteiger charge is 2.35. The zero-order chi connectivity index (χ0) is 14.1. The van der Waals surface area contributed by atoms with E-state index in [0.717, 1.165) is 29.6 Å². The van der Waals surface area contributed by atoms with Crippen molar-refractivity contribution in [3.05, 3.63) is 29.3 Å². The third kappa shape index (κ3) is 2.23. The van der Waals surface area contributed by atoms with E-state index in [1.165, 1.54) is 37.8 Å². The van der Waals surface area contributed by atoms with E-state index in [-0.39, 0.29) is 5.84 Å². The predicted octanol–water partition coefficient (Wildman–Crippen LogP) is 2.86. The fourth-order valence-corrected chi connectivity index (χ4v) is 3.89. The fraction of sp³-hybridized carbons (Fsp3) is 0.562. The van der Waals surface area contributed by atoms with Crippen molar-refractivity contribution in [3.8, 4) is 0 Å². The van der Waals surface area contributed by atoms with Crippen LogP contribution >= 0.6 is 0 Å². The topological polar surface area (TPSA) is 61.8 Å². The SMILES string of the molecule is Cc1cc(N2CCC3CCCCC32)ccc1/C(N)=N/O. The minimum absolute atomic E-state index is 0.186. The molecule has 1 aliphatic carbocycles. The summed E-state index contributed by atoms with van der Waals surface area (Å²) in [4.78, 5) is 2.56. The second-order valence-corrected chi connectivity index (χ2v) is 6.08. The first-order chi connectivity index (χ1) is 9.70. The molecule has 4 heteroatoms. The Kier molecular flexibility index (Phi) is 3.55. The van der Waals surface area contributed by atoms with E-state index in [9.17, 15) is 0 Å². The number of hydrogen-bond donors (Lipinski definition) is 2. The molecule has 2 fully saturated rings. The number of hydrogen-bond acceptors (Lipinski definition) is 3. The molecule has 1 aliphatic heterocycles. The molecule has 2 unspecified atom stereocenters.